The first-order chi connectivity index (χ1) is 11.0. The second-order valence-electron chi connectivity index (χ2n) is 5.39. The molecule has 6 nitrogen and oxygen atoms in total. The van der Waals surface area contributed by atoms with Gasteiger partial charge < -0.3 is 19.5 Å². The maximum atomic E-state index is 12.2. The van der Waals surface area contributed by atoms with E-state index in [9.17, 15) is 9.59 Å². The van der Waals surface area contributed by atoms with Crippen molar-refractivity contribution in [1.82, 2.24) is 4.90 Å². The number of carboxylic acid groups (broad SMARTS) is 1. The molecule has 6 heteroatoms. The maximum Gasteiger partial charge on any atom is 0.306 e. The molecule has 0 unspecified atom stereocenters. The van der Waals surface area contributed by atoms with Gasteiger partial charge in [-0.25, -0.2) is 0 Å². The highest BCUT2D eigenvalue weighted by Gasteiger charge is 2.25. The van der Waals surface area contributed by atoms with Gasteiger partial charge >= 0.3 is 5.97 Å². The van der Waals surface area contributed by atoms with Crippen molar-refractivity contribution in [2.75, 3.05) is 27.3 Å². The number of hydrogen-bond donors (Lipinski definition) is 1. The van der Waals surface area contributed by atoms with Crippen LogP contribution >= 0.6 is 0 Å². The Morgan fingerprint density at radius 3 is 2.39 bits per heavy atom. The van der Waals surface area contributed by atoms with E-state index < -0.39 is 5.97 Å². The molecule has 1 heterocycles. The summed E-state index contributed by atoms with van der Waals surface area (Å²) >= 11 is 0. The van der Waals surface area contributed by atoms with E-state index in [4.69, 9.17) is 14.6 Å². The van der Waals surface area contributed by atoms with Crippen LogP contribution in [0.2, 0.25) is 0 Å². The van der Waals surface area contributed by atoms with Crippen LogP contribution in [0.4, 0.5) is 0 Å². The average Bonchev–Trinajstić information content (AvgIpc) is 2.59. The number of carboxylic acids is 1. The fourth-order valence-corrected chi connectivity index (χ4v) is 2.58. The SMILES string of the molecule is COc1ccc(/C=C/C(=O)N2CCC(C(=O)O)CC2)cc1OC. The molecule has 1 aliphatic rings. The van der Waals surface area contributed by atoms with Gasteiger partial charge in [-0.15, -0.1) is 0 Å². The van der Waals surface area contributed by atoms with Gasteiger partial charge in [0.05, 0.1) is 20.1 Å². The number of benzene rings is 1. The van der Waals surface area contributed by atoms with Crippen molar-refractivity contribution >= 4 is 18.0 Å². The lowest BCUT2D eigenvalue weighted by atomic mass is 9.97. The lowest BCUT2D eigenvalue weighted by molar-refractivity contribution is -0.144. The minimum Gasteiger partial charge on any atom is -0.493 e. The molecule has 1 saturated heterocycles. The quantitative estimate of drug-likeness (QED) is 0.841. The van der Waals surface area contributed by atoms with Crippen LogP contribution in [0.1, 0.15) is 18.4 Å². The molecular formula is C17H21NO5. The molecule has 0 saturated carbocycles. The summed E-state index contributed by atoms with van der Waals surface area (Å²) in [6, 6.07) is 5.41. The minimum absolute atomic E-state index is 0.108. The van der Waals surface area contributed by atoms with E-state index >= 15 is 0 Å². The molecule has 0 atom stereocenters. The van der Waals surface area contributed by atoms with E-state index in [0.717, 1.165) is 5.56 Å². The van der Waals surface area contributed by atoms with Crippen LogP contribution in [-0.2, 0) is 9.59 Å². The molecule has 1 aromatic rings. The van der Waals surface area contributed by atoms with E-state index in [-0.39, 0.29) is 11.8 Å². The van der Waals surface area contributed by atoms with Crippen LogP contribution in [-0.4, -0.2) is 49.2 Å². The number of amides is 1. The lowest BCUT2D eigenvalue weighted by Gasteiger charge is -2.29. The summed E-state index contributed by atoms with van der Waals surface area (Å²) in [4.78, 5) is 24.8. The largest absolute Gasteiger partial charge is 0.493 e. The number of likely N-dealkylation sites (tertiary alicyclic amines) is 1. The number of ether oxygens (including phenoxy) is 2. The summed E-state index contributed by atoms with van der Waals surface area (Å²) in [6.07, 6.45) is 4.23. The number of nitrogens with zero attached hydrogens (tertiary/aromatic N) is 1. The van der Waals surface area contributed by atoms with Crippen molar-refractivity contribution in [3.63, 3.8) is 0 Å². The number of carbonyl (C=O) groups excluding carboxylic acids is 1. The Morgan fingerprint density at radius 2 is 1.83 bits per heavy atom. The van der Waals surface area contributed by atoms with Crippen LogP contribution in [0.3, 0.4) is 0 Å². The van der Waals surface area contributed by atoms with Gasteiger partial charge in [-0.1, -0.05) is 6.07 Å². The molecule has 1 amide bonds. The van der Waals surface area contributed by atoms with E-state index in [1.54, 1.807) is 37.3 Å². The molecule has 0 radical (unpaired) electrons. The minimum atomic E-state index is -0.780. The first-order valence-corrected chi connectivity index (χ1v) is 7.47. The highest BCUT2D eigenvalue weighted by atomic mass is 16.5. The molecule has 1 aliphatic heterocycles. The van der Waals surface area contributed by atoms with Gasteiger partial charge in [0.1, 0.15) is 0 Å². The summed E-state index contributed by atoms with van der Waals surface area (Å²) in [6.45, 7) is 0.956. The Bertz CT molecular complexity index is 603. The monoisotopic (exact) mass is 319 g/mol. The molecule has 1 fully saturated rings. The Kier molecular flexibility index (Phi) is 5.62. The van der Waals surface area contributed by atoms with Crippen molar-refractivity contribution in [1.29, 1.82) is 0 Å². The Balaban J connectivity index is 1.98. The van der Waals surface area contributed by atoms with Crippen LogP contribution in [0, 0.1) is 5.92 Å². The van der Waals surface area contributed by atoms with Gasteiger partial charge in [-0.3, -0.25) is 9.59 Å². The molecule has 23 heavy (non-hydrogen) atoms. The zero-order valence-corrected chi connectivity index (χ0v) is 13.3. The molecule has 124 valence electrons. The topological polar surface area (TPSA) is 76.1 Å². The molecular weight excluding hydrogens is 298 g/mol. The summed E-state index contributed by atoms with van der Waals surface area (Å²) < 4.78 is 10.4. The summed E-state index contributed by atoms with van der Waals surface area (Å²) in [5.74, 6) is 0.00608. The zero-order valence-electron chi connectivity index (χ0n) is 13.3. The normalized spacial score (nSPS) is 15.7. The van der Waals surface area contributed by atoms with Gasteiger partial charge in [0.25, 0.3) is 0 Å². The Labute approximate surface area is 135 Å². The predicted molar refractivity (Wildman–Crippen MR) is 85.5 cm³/mol. The lowest BCUT2D eigenvalue weighted by Crippen LogP contribution is -2.39. The molecule has 0 spiro atoms. The number of carbonyl (C=O) groups is 2. The van der Waals surface area contributed by atoms with Crippen LogP contribution < -0.4 is 9.47 Å². The number of hydrogen-bond acceptors (Lipinski definition) is 4. The molecule has 0 aliphatic carbocycles. The van der Waals surface area contributed by atoms with E-state index in [1.165, 1.54) is 6.08 Å². The Hall–Kier alpha value is -2.50. The molecule has 1 N–H and O–H groups in total. The number of aliphatic carboxylic acids is 1. The summed E-state index contributed by atoms with van der Waals surface area (Å²) in [5.41, 5.74) is 0.830. The molecule has 0 aromatic heterocycles. The van der Waals surface area contributed by atoms with Gasteiger partial charge in [-0.05, 0) is 36.6 Å². The van der Waals surface area contributed by atoms with Crippen molar-refractivity contribution in [3.8, 4) is 11.5 Å². The average molecular weight is 319 g/mol. The van der Waals surface area contributed by atoms with Crippen molar-refractivity contribution in [3.05, 3.63) is 29.8 Å². The van der Waals surface area contributed by atoms with Crippen LogP contribution in [0.15, 0.2) is 24.3 Å². The van der Waals surface area contributed by atoms with Crippen molar-refractivity contribution in [2.45, 2.75) is 12.8 Å². The van der Waals surface area contributed by atoms with E-state index in [2.05, 4.69) is 0 Å². The third-order valence-electron chi connectivity index (χ3n) is 3.98. The maximum absolute atomic E-state index is 12.2. The van der Waals surface area contributed by atoms with Gasteiger partial charge in [0.15, 0.2) is 11.5 Å². The second kappa shape index (κ2) is 7.67. The molecule has 2 rings (SSSR count). The standard InChI is InChI=1S/C17H21NO5/c1-22-14-5-3-12(11-15(14)23-2)4-6-16(19)18-9-7-13(8-10-18)17(20)21/h3-6,11,13H,7-10H2,1-2H3,(H,20,21)/b6-4+. The van der Waals surface area contributed by atoms with Gasteiger partial charge in [0.2, 0.25) is 5.91 Å². The first-order valence-electron chi connectivity index (χ1n) is 7.47. The van der Waals surface area contributed by atoms with E-state index in [1.807, 2.05) is 6.07 Å². The summed E-state index contributed by atoms with van der Waals surface area (Å²) in [5, 5.41) is 8.97. The van der Waals surface area contributed by atoms with Gasteiger partial charge in [0, 0.05) is 19.2 Å². The fourth-order valence-electron chi connectivity index (χ4n) is 2.58. The predicted octanol–water partition coefficient (Wildman–Crippen LogP) is 2.04. The second-order valence-corrected chi connectivity index (χ2v) is 5.39. The summed E-state index contributed by atoms with van der Waals surface area (Å²) in [7, 11) is 3.13. The van der Waals surface area contributed by atoms with Crippen LogP contribution in [0.5, 0.6) is 11.5 Å². The highest BCUT2D eigenvalue weighted by molar-refractivity contribution is 5.92. The smallest absolute Gasteiger partial charge is 0.306 e. The van der Waals surface area contributed by atoms with E-state index in [0.29, 0.717) is 37.4 Å². The van der Waals surface area contributed by atoms with Crippen molar-refractivity contribution < 1.29 is 24.2 Å². The number of methoxy groups -OCH3 is 2. The Morgan fingerprint density at radius 1 is 1.17 bits per heavy atom. The third kappa shape index (κ3) is 4.25. The number of rotatable bonds is 5. The van der Waals surface area contributed by atoms with Gasteiger partial charge in [-0.2, -0.15) is 0 Å². The first kappa shape index (κ1) is 16.9. The third-order valence-corrected chi connectivity index (χ3v) is 3.98. The molecule has 1 aromatic carbocycles. The van der Waals surface area contributed by atoms with Crippen molar-refractivity contribution in [2.24, 2.45) is 5.92 Å². The zero-order chi connectivity index (χ0) is 16.8. The highest BCUT2D eigenvalue weighted by Crippen LogP contribution is 2.28. The number of piperidine rings is 1. The molecule has 0 bridgehead atoms. The van der Waals surface area contributed by atoms with Crippen LogP contribution in [0.25, 0.3) is 6.08 Å². The fraction of sp³-hybridized carbons (Fsp3) is 0.412.